The lowest BCUT2D eigenvalue weighted by Crippen LogP contribution is -2.60. The van der Waals surface area contributed by atoms with Crippen LogP contribution in [0.4, 0.5) is 0 Å². The minimum atomic E-state index is -1.57. The van der Waals surface area contributed by atoms with Gasteiger partial charge in [-0.2, -0.15) is 0 Å². The average molecular weight is 1030 g/mol. The zero-order chi connectivity index (χ0) is 52.9. The van der Waals surface area contributed by atoms with Gasteiger partial charge in [0.1, 0.15) is 24.4 Å². The first-order chi connectivity index (χ1) is 35.8. The number of unbranched alkanes of at least 4 members (excludes halogenated alkanes) is 41. The zero-order valence-electron chi connectivity index (χ0n) is 47.9. The van der Waals surface area contributed by atoms with Gasteiger partial charge in [0.05, 0.1) is 25.4 Å². The van der Waals surface area contributed by atoms with Gasteiger partial charge in [-0.25, -0.2) is 0 Å². The second-order valence-corrected chi connectivity index (χ2v) is 22.2. The molecule has 1 fully saturated rings. The van der Waals surface area contributed by atoms with Crippen molar-refractivity contribution in [1.29, 1.82) is 0 Å². The molecule has 0 spiro atoms. The number of rotatable bonds is 55. The van der Waals surface area contributed by atoms with Crippen molar-refractivity contribution in [2.24, 2.45) is 0 Å². The summed E-state index contributed by atoms with van der Waals surface area (Å²) in [4.78, 5) is 13.1. The van der Waals surface area contributed by atoms with E-state index in [1.54, 1.807) is 6.08 Å². The van der Waals surface area contributed by atoms with Crippen LogP contribution in [-0.4, -0.2) is 87.5 Å². The molecule has 9 nitrogen and oxygen atoms in total. The number of aliphatic hydroxyl groups excluding tert-OH is 5. The van der Waals surface area contributed by atoms with Crippen molar-refractivity contribution in [3.8, 4) is 0 Å². The molecular weight excluding hydrogens is 911 g/mol. The van der Waals surface area contributed by atoms with Crippen molar-refractivity contribution < 1.29 is 39.8 Å². The Morgan fingerprint density at radius 1 is 0.466 bits per heavy atom. The van der Waals surface area contributed by atoms with Gasteiger partial charge in [0, 0.05) is 6.42 Å². The van der Waals surface area contributed by atoms with Gasteiger partial charge in [-0.1, -0.05) is 288 Å². The molecule has 1 saturated heterocycles. The Bertz CT molecular complexity index is 1240. The Balaban J connectivity index is 2.18. The summed E-state index contributed by atoms with van der Waals surface area (Å²) >= 11 is 0. The van der Waals surface area contributed by atoms with E-state index >= 15 is 0 Å². The number of nitrogens with one attached hydrogen (secondary N) is 1. The second kappa shape index (κ2) is 53.8. The SMILES string of the molecule is CCCCCCC/C=C\C/C=C\CCCCCCCCCCCCCCCCCC(=O)NC(COC1OC(CO)C(O)C(O)C1O)C(O)/C=C/CCCCCCCCCCCCCCCCCCCCCCC. The van der Waals surface area contributed by atoms with E-state index in [1.165, 1.54) is 244 Å². The monoisotopic (exact) mass is 1030 g/mol. The number of aliphatic hydroxyl groups is 5. The van der Waals surface area contributed by atoms with E-state index in [0.29, 0.717) is 6.42 Å². The third-order valence-electron chi connectivity index (χ3n) is 15.2. The van der Waals surface area contributed by atoms with Crippen LogP contribution >= 0.6 is 0 Å². The lowest BCUT2D eigenvalue weighted by atomic mass is 9.99. The van der Waals surface area contributed by atoms with Crippen molar-refractivity contribution in [2.75, 3.05) is 13.2 Å². The van der Waals surface area contributed by atoms with Gasteiger partial charge >= 0.3 is 0 Å². The highest BCUT2D eigenvalue weighted by atomic mass is 16.7. The quantitative estimate of drug-likeness (QED) is 0.0261. The molecule has 1 heterocycles. The fourth-order valence-corrected chi connectivity index (χ4v) is 10.2. The van der Waals surface area contributed by atoms with E-state index < -0.39 is 49.5 Å². The molecule has 1 aliphatic rings. The third-order valence-corrected chi connectivity index (χ3v) is 15.2. The van der Waals surface area contributed by atoms with Crippen LogP contribution < -0.4 is 5.32 Å². The van der Waals surface area contributed by atoms with Gasteiger partial charge in [-0.05, 0) is 51.4 Å². The topological polar surface area (TPSA) is 149 Å². The summed E-state index contributed by atoms with van der Waals surface area (Å²) in [5.74, 6) is -0.172. The number of carbonyl (C=O) groups is 1. The number of allylic oxidation sites excluding steroid dienone is 5. The molecule has 0 aliphatic carbocycles. The van der Waals surface area contributed by atoms with Gasteiger partial charge in [0.15, 0.2) is 6.29 Å². The molecule has 0 saturated carbocycles. The van der Waals surface area contributed by atoms with Crippen LogP contribution in [0, 0.1) is 0 Å². The zero-order valence-corrected chi connectivity index (χ0v) is 47.9. The first-order valence-corrected chi connectivity index (χ1v) is 31.7. The molecular formula is C64H121NO8. The van der Waals surface area contributed by atoms with E-state index in [9.17, 15) is 30.3 Å². The van der Waals surface area contributed by atoms with Crippen molar-refractivity contribution in [3.63, 3.8) is 0 Å². The Morgan fingerprint density at radius 3 is 1.18 bits per heavy atom. The molecule has 0 radical (unpaired) electrons. The minimum Gasteiger partial charge on any atom is -0.394 e. The highest BCUT2D eigenvalue weighted by molar-refractivity contribution is 5.76. The van der Waals surface area contributed by atoms with E-state index in [4.69, 9.17) is 9.47 Å². The molecule has 0 aromatic heterocycles. The fourth-order valence-electron chi connectivity index (χ4n) is 10.2. The van der Waals surface area contributed by atoms with Crippen LogP contribution in [0.3, 0.4) is 0 Å². The Morgan fingerprint density at radius 2 is 0.808 bits per heavy atom. The average Bonchev–Trinajstić information content (AvgIpc) is 3.39. The summed E-state index contributed by atoms with van der Waals surface area (Å²) in [5, 5.41) is 54.7. The smallest absolute Gasteiger partial charge is 0.220 e. The lowest BCUT2D eigenvalue weighted by molar-refractivity contribution is -0.302. The molecule has 1 aliphatic heterocycles. The van der Waals surface area contributed by atoms with Gasteiger partial charge in [-0.3, -0.25) is 4.79 Å². The maximum absolute atomic E-state index is 13.1. The van der Waals surface area contributed by atoms with Crippen molar-refractivity contribution in [1.82, 2.24) is 5.32 Å². The van der Waals surface area contributed by atoms with Crippen molar-refractivity contribution >= 4 is 5.91 Å². The standard InChI is InChI=1S/C64H121NO8/c1-3-5-7-9-11-13-15-17-19-21-23-25-27-28-29-30-32-34-36-38-40-42-44-46-48-50-52-54-60(68)65-57(56-72-64-63(71)62(70)61(69)59(55-66)73-64)58(67)53-51-49-47-45-43-41-39-37-35-33-31-26-24-22-20-18-16-14-12-10-8-6-4-2/h15,17,21,23,51,53,57-59,61-64,66-67,69-71H,3-14,16,18-20,22,24-50,52,54-56H2,1-2H3,(H,65,68)/b17-15-,23-21-,53-51+. The fraction of sp³-hybridized carbons (Fsp3) is 0.891. The second-order valence-electron chi connectivity index (χ2n) is 22.2. The molecule has 73 heavy (non-hydrogen) atoms. The van der Waals surface area contributed by atoms with Crippen molar-refractivity contribution in [2.45, 2.75) is 352 Å². The van der Waals surface area contributed by atoms with E-state index in [2.05, 4.69) is 43.5 Å². The molecule has 0 aromatic carbocycles. The van der Waals surface area contributed by atoms with E-state index in [-0.39, 0.29) is 12.5 Å². The molecule has 7 atom stereocenters. The molecule has 9 heteroatoms. The summed E-state index contributed by atoms with van der Waals surface area (Å²) < 4.78 is 11.3. The third kappa shape index (κ3) is 43.1. The molecule has 1 amide bonds. The number of hydrogen-bond donors (Lipinski definition) is 6. The summed E-state index contributed by atoms with van der Waals surface area (Å²) in [5.41, 5.74) is 0. The highest BCUT2D eigenvalue weighted by Crippen LogP contribution is 2.23. The number of amides is 1. The van der Waals surface area contributed by atoms with Crippen LogP contribution in [0.5, 0.6) is 0 Å². The molecule has 0 bridgehead atoms. The predicted octanol–water partition coefficient (Wildman–Crippen LogP) is 16.3. The number of ether oxygens (including phenoxy) is 2. The summed E-state index contributed by atoms with van der Waals surface area (Å²) in [6.45, 7) is 3.81. The maximum Gasteiger partial charge on any atom is 0.220 e. The highest BCUT2D eigenvalue weighted by Gasteiger charge is 2.44. The van der Waals surface area contributed by atoms with Crippen molar-refractivity contribution in [3.05, 3.63) is 36.5 Å². The summed E-state index contributed by atoms with van der Waals surface area (Å²) in [7, 11) is 0. The number of carbonyl (C=O) groups excluding carboxylic acids is 1. The Kier molecular flexibility index (Phi) is 51.2. The molecule has 430 valence electrons. The van der Waals surface area contributed by atoms with E-state index in [0.717, 1.165) is 44.9 Å². The van der Waals surface area contributed by atoms with Crippen LogP contribution in [0.2, 0.25) is 0 Å². The van der Waals surface area contributed by atoms with Crippen LogP contribution in [0.25, 0.3) is 0 Å². The van der Waals surface area contributed by atoms with Gasteiger partial charge in [0.2, 0.25) is 5.91 Å². The Hall–Kier alpha value is -1.59. The normalized spacial score (nSPS) is 19.2. The molecule has 0 aromatic rings. The van der Waals surface area contributed by atoms with Crippen LogP contribution in [0.1, 0.15) is 309 Å². The maximum atomic E-state index is 13.1. The predicted molar refractivity (Wildman–Crippen MR) is 309 cm³/mol. The summed E-state index contributed by atoms with van der Waals surface area (Å²) in [6.07, 6.45) is 63.6. The molecule has 7 unspecified atom stereocenters. The number of hydrogen-bond acceptors (Lipinski definition) is 8. The molecule has 6 N–H and O–H groups in total. The van der Waals surface area contributed by atoms with Gasteiger partial charge < -0.3 is 40.3 Å². The van der Waals surface area contributed by atoms with Crippen LogP contribution in [-0.2, 0) is 14.3 Å². The van der Waals surface area contributed by atoms with E-state index in [1.807, 2.05) is 6.08 Å². The first-order valence-electron chi connectivity index (χ1n) is 31.7. The molecule has 1 rings (SSSR count). The summed E-state index contributed by atoms with van der Waals surface area (Å²) in [6, 6.07) is -0.805. The van der Waals surface area contributed by atoms with Gasteiger partial charge in [-0.15, -0.1) is 0 Å². The lowest BCUT2D eigenvalue weighted by Gasteiger charge is -2.40. The minimum absolute atomic E-state index is 0.172. The van der Waals surface area contributed by atoms with Crippen LogP contribution in [0.15, 0.2) is 36.5 Å². The van der Waals surface area contributed by atoms with Gasteiger partial charge in [0.25, 0.3) is 0 Å². The Labute approximate surface area is 451 Å². The largest absolute Gasteiger partial charge is 0.394 e. The first kappa shape index (κ1) is 69.4.